The molecule has 1 saturated heterocycles. The Balaban J connectivity index is 2.19. The van der Waals surface area contributed by atoms with Crippen LogP contribution in [0.3, 0.4) is 0 Å². The molecule has 0 bridgehead atoms. The van der Waals surface area contributed by atoms with Crippen LogP contribution in [0.1, 0.15) is 6.42 Å². The van der Waals surface area contributed by atoms with Crippen molar-refractivity contribution in [1.29, 1.82) is 0 Å². The van der Waals surface area contributed by atoms with Crippen LogP contribution in [0.15, 0.2) is 5.51 Å². The molecule has 0 spiro atoms. The van der Waals surface area contributed by atoms with Crippen molar-refractivity contribution in [3.8, 4) is 0 Å². The molecule has 2 heterocycles. The van der Waals surface area contributed by atoms with Gasteiger partial charge in [0.2, 0.25) is 5.13 Å². The van der Waals surface area contributed by atoms with Crippen LogP contribution >= 0.6 is 11.3 Å². The highest BCUT2D eigenvalue weighted by Gasteiger charge is 2.38. The number of aliphatic carboxylic acids is 1. The number of methoxy groups -OCH3 is 1. The molecule has 0 aliphatic carbocycles. The molecule has 15 heavy (non-hydrogen) atoms. The SMILES string of the molecule is COC1CC(C(=O)O)N(c2nncs2)C1. The van der Waals surface area contributed by atoms with Gasteiger partial charge in [-0.05, 0) is 0 Å². The highest BCUT2D eigenvalue weighted by Crippen LogP contribution is 2.27. The van der Waals surface area contributed by atoms with Gasteiger partial charge in [-0.15, -0.1) is 10.2 Å². The second-order valence-corrected chi connectivity index (χ2v) is 4.13. The molecule has 1 aliphatic heterocycles. The molecule has 1 aliphatic rings. The fourth-order valence-electron chi connectivity index (χ4n) is 1.71. The molecule has 2 unspecified atom stereocenters. The molecule has 0 amide bonds. The zero-order chi connectivity index (χ0) is 10.8. The van der Waals surface area contributed by atoms with Crippen LogP contribution in [0.5, 0.6) is 0 Å². The first-order chi connectivity index (χ1) is 7.22. The molecule has 82 valence electrons. The quantitative estimate of drug-likeness (QED) is 0.799. The van der Waals surface area contributed by atoms with Gasteiger partial charge in [-0.1, -0.05) is 11.3 Å². The van der Waals surface area contributed by atoms with Gasteiger partial charge in [0.1, 0.15) is 11.6 Å². The van der Waals surface area contributed by atoms with Crippen molar-refractivity contribution < 1.29 is 14.6 Å². The average Bonchev–Trinajstić information content (AvgIpc) is 2.86. The van der Waals surface area contributed by atoms with E-state index < -0.39 is 12.0 Å². The van der Waals surface area contributed by atoms with Gasteiger partial charge < -0.3 is 14.7 Å². The molecule has 1 N–H and O–H groups in total. The fourth-order valence-corrected chi connectivity index (χ4v) is 2.33. The number of anilines is 1. The van der Waals surface area contributed by atoms with Gasteiger partial charge in [-0.3, -0.25) is 0 Å². The van der Waals surface area contributed by atoms with Gasteiger partial charge in [0.05, 0.1) is 6.10 Å². The molecule has 7 heteroatoms. The Morgan fingerprint density at radius 2 is 2.60 bits per heavy atom. The summed E-state index contributed by atoms with van der Waals surface area (Å²) in [4.78, 5) is 12.8. The summed E-state index contributed by atoms with van der Waals surface area (Å²) in [5.74, 6) is -0.843. The zero-order valence-corrected chi connectivity index (χ0v) is 8.98. The standard InChI is InChI=1S/C8H11N3O3S/c1-14-5-2-6(7(12)13)11(3-5)8-10-9-4-15-8/h4-6H,2-3H2,1H3,(H,12,13). The average molecular weight is 229 g/mol. The largest absolute Gasteiger partial charge is 0.480 e. The lowest BCUT2D eigenvalue weighted by atomic mass is 10.2. The number of ether oxygens (including phenoxy) is 1. The predicted octanol–water partition coefficient (Wildman–Crippen LogP) is 0.216. The lowest BCUT2D eigenvalue weighted by molar-refractivity contribution is -0.138. The van der Waals surface area contributed by atoms with Crippen molar-refractivity contribution in [3.05, 3.63) is 5.51 Å². The molecule has 0 saturated carbocycles. The predicted molar refractivity (Wildman–Crippen MR) is 54.1 cm³/mol. The minimum Gasteiger partial charge on any atom is -0.480 e. The van der Waals surface area contributed by atoms with Crippen molar-refractivity contribution >= 4 is 22.4 Å². The minimum absolute atomic E-state index is 0.0463. The molecule has 1 aromatic rings. The summed E-state index contributed by atoms with van der Waals surface area (Å²) in [6.07, 6.45) is 0.445. The van der Waals surface area contributed by atoms with E-state index >= 15 is 0 Å². The second-order valence-electron chi connectivity index (χ2n) is 3.32. The summed E-state index contributed by atoms with van der Waals surface area (Å²) in [5.41, 5.74) is 1.59. The number of hydrogen-bond donors (Lipinski definition) is 1. The zero-order valence-electron chi connectivity index (χ0n) is 8.16. The number of carboxylic acids is 1. The topological polar surface area (TPSA) is 75.6 Å². The minimum atomic E-state index is -0.843. The molecule has 1 fully saturated rings. The Morgan fingerprint density at radius 1 is 1.80 bits per heavy atom. The summed E-state index contributed by atoms with van der Waals surface area (Å²) in [6, 6.07) is -0.553. The van der Waals surface area contributed by atoms with Crippen molar-refractivity contribution in [2.45, 2.75) is 18.6 Å². The van der Waals surface area contributed by atoms with E-state index in [9.17, 15) is 4.79 Å². The van der Waals surface area contributed by atoms with Crippen LogP contribution < -0.4 is 4.90 Å². The van der Waals surface area contributed by atoms with E-state index in [-0.39, 0.29) is 6.10 Å². The van der Waals surface area contributed by atoms with Crippen molar-refractivity contribution in [2.24, 2.45) is 0 Å². The van der Waals surface area contributed by atoms with Gasteiger partial charge in [-0.25, -0.2) is 4.79 Å². The van der Waals surface area contributed by atoms with Crippen molar-refractivity contribution in [2.75, 3.05) is 18.6 Å². The maximum Gasteiger partial charge on any atom is 0.326 e. The Hall–Kier alpha value is -1.21. The van der Waals surface area contributed by atoms with E-state index in [0.717, 1.165) is 0 Å². The molecular weight excluding hydrogens is 218 g/mol. The first-order valence-electron chi connectivity index (χ1n) is 4.50. The monoisotopic (exact) mass is 229 g/mol. The van der Waals surface area contributed by atoms with Crippen LogP contribution in [0.2, 0.25) is 0 Å². The summed E-state index contributed by atoms with van der Waals surface area (Å²) in [7, 11) is 1.59. The molecule has 0 radical (unpaired) electrons. The highest BCUT2D eigenvalue weighted by molar-refractivity contribution is 7.13. The smallest absolute Gasteiger partial charge is 0.326 e. The Labute approximate surface area is 90.5 Å². The van der Waals surface area contributed by atoms with Crippen LogP contribution in [-0.4, -0.2) is 47.1 Å². The third-order valence-electron chi connectivity index (χ3n) is 2.48. The van der Waals surface area contributed by atoms with E-state index in [1.165, 1.54) is 11.3 Å². The van der Waals surface area contributed by atoms with Crippen LogP contribution in [0, 0.1) is 0 Å². The third kappa shape index (κ3) is 1.93. The van der Waals surface area contributed by atoms with Crippen molar-refractivity contribution in [1.82, 2.24) is 10.2 Å². The number of aromatic nitrogens is 2. The Morgan fingerprint density at radius 3 is 3.13 bits per heavy atom. The number of nitrogens with zero attached hydrogens (tertiary/aromatic N) is 3. The maximum absolute atomic E-state index is 11.0. The fraction of sp³-hybridized carbons (Fsp3) is 0.625. The van der Waals surface area contributed by atoms with E-state index in [1.54, 1.807) is 17.5 Å². The van der Waals surface area contributed by atoms with Gasteiger partial charge in [0, 0.05) is 20.1 Å². The van der Waals surface area contributed by atoms with Crippen LogP contribution in [-0.2, 0) is 9.53 Å². The molecule has 0 aromatic carbocycles. The highest BCUT2D eigenvalue weighted by atomic mass is 32.1. The lowest BCUT2D eigenvalue weighted by Gasteiger charge is -2.18. The van der Waals surface area contributed by atoms with Gasteiger partial charge in [0.25, 0.3) is 0 Å². The van der Waals surface area contributed by atoms with Crippen LogP contribution in [0.25, 0.3) is 0 Å². The molecule has 2 atom stereocenters. The summed E-state index contributed by atoms with van der Waals surface area (Å²) >= 11 is 1.34. The number of hydrogen-bond acceptors (Lipinski definition) is 6. The molecule has 1 aromatic heterocycles. The summed E-state index contributed by atoms with van der Waals surface area (Å²) < 4.78 is 5.17. The van der Waals surface area contributed by atoms with E-state index in [0.29, 0.717) is 18.1 Å². The van der Waals surface area contributed by atoms with Crippen LogP contribution in [0.4, 0.5) is 5.13 Å². The van der Waals surface area contributed by atoms with E-state index in [4.69, 9.17) is 9.84 Å². The Kier molecular flexibility index (Phi) is 2.83. The lowest BCUT2D eigenvalue weighted by Crippen LogP contribution is -2.35. The molecule has 6 nitrogen and oxygen atoms in total. The normalized spacial score (nSPS) is 25.8. The summed E-state index contributed by atoms with van der Waals surface area (Å²) in [5, 5.41) is 17.3. The van der Waals surface area contributed by atoms with Gasteiger partial charge in [0.15, 0.2) is 0 Å². The molecular formula is C8H11N3O3S. The molecule has 2 rings (SSSR count). The third-order valence-corrected chi connectivity index (χ3v) is 3.20. The van der Waals surface area contributed by atoms with E-state index in [2.05, 4.69) is 10.2 Å². The van der Waals surface area contributed by atoms with Gasteiger partial charge in [-0.2, -0.15) is 0 Å². The number of carboxylic acid groups (broad SMARTS) is 1. The summed E-state index contributed by atoms with van der Waals surface area (Å²) in [6.45, 7) is 0.558. The number of carbonyl (C=O) groups is 1. The number of rotatable bonds is 3. The van der Waals surface area contributed by atoms with Gasteiger partial charge >= 0.3 is 5.97 Å². The van der Waals surface area contributed by atoms with E-state index in [1.807, 2.05) is 0 Å². The van der Waals surface area contributed by atoms with Crippen molar-refractivity contribution in [3.63, 3.8) is 0 Å². The Bertz CT molecular complexity index is 343. The first kappa shape index (κ1) is 10.3. The first-order valence-corrected chi connectivity index (χ1v) is 5.38. The maximum atomic E-state index is 11.0. The second kappa shape index (κ2) is 4.11.